The van der Waals surface area contributed by atoms with Gasteiger partial charge in [-0.15, -0.1) is 11.3 Å². The molecule has 0 bridgehead atoms. The summed E-state index contributed by atoms with van der Waals surface area (Å²) >= 11 is 8.32. The van der Waals surface area contributed by atoms with Crippen molar-refractivity contribution in [1.82, 2.24) is 4.98 Å². The molecule has 3 nitrogen and oxygen atoms in total. The normalized spacial score (nSPS) is 12.5. The second kappa shape index (κ2) is 5.48. The van der Waals surface area contributed by atoms with Crippen molar-refractivity contribution in [2.24, 2.45) is 0 Å². The Morgan fingerprint density at radius 2 is 2.24 bits per heavy atom. The highest BCUT2D eigenvalue weighted by Gasteiger charge is 2.20. The van der Waals surface area contributed by atoms with E-state index in [1.165, 1.54) is 11.3 Å². The number of aromatic nitrogens is 1. The third-order valence-electron chi connectivity index (χ3n) is 2.26. The minimum Gasteiger partial charge on any atom is -0.495 e. The van der Waals surface area contributed by atoms with Crippen molar-refractivity contribution < 1.29 is 9.84 Å². The maximum Gasteiger partial charge on any atom is 0.143 e. The predicted molar refractivity (Wildman–Crippen MR) is 74.6 cm³/mol. The molecule has 1 atom stereocenters. The third-order valence-corrected chi connectivity index (χ3v) is 4.64. The van der Waals surface area contributed by atoms with Gasteiger partial charge in [0.15, 0.2) is 0 Å². The lowest BCUT2D eigenvalue weighted by atomic mass is 10.1. The summed E-state index contributed by atoms with van der Waals surface area (Å²) in [5.74, 6) is 0.578. The molecule has 0 aliphatic heterocycles. The molecule has 0 spiro atoms. The molecule has 90 valence electrons. The first-order valence-electron chi connectivity index (χ1n) is 4.75. The zero-order chi connectivity index (χ0) is 12.4. The SMILES string of the molecule is COc1cccnc1C(O)c1cc(Br)sc1Br. The smallest absolute Gasteiger partial charge is 0.143 e. The number of hydrogen-bond acceptors (Lipinski definition) is 4. The lowest BCUT2D eigenvalue weighted by molar-refractivity contribution is 0.209. The number of halogens is 2. The first-order valence-corrected chi connectivity index (χ1v) is 7.15. The number of rotatable bonds is 3. The predicted octanol–water partition coefficient (Wildman–Crippen LogP) is 3.76. The van der Waals surface area contributed by atoms with E-state index < -0.39 is 6.10 Å². The van der Waals surface area contributed by atoms with Crippen LogP contribution in [0, 0.1) is 0 Å². The Labute approximate surface area is 120 Å². The zero-order valence-corrected chi connectivity index (χ0v) is 12.8. The molecule has 0 aliphatic carbocycles. The van der Waals surface area contributed by atoms with Gasteiger partial charge < -0.3 is 9.84 Å². The van der Waals surface area contributed by atoms with Crippen molar-refractivity contribution in [2.75, 3.05) is 7.11 Å². The Hall–Kier alpha value is -0.430. The van der Waals surface area contributed by atoms with Crippen LogP contribution in [0.1, 0.15) is 17.4 Å². The van der Waals surface area contributed by atoms with Crippen molar-refractivity contribution >= 4 is 43.2 Å². The summed E-state index contributed by atoms with van der Waals surface area (Å²) in [7, 11) is 1.56. The number of methoxy groups -OCH3 is 1. The highest BCUT2D eigenvalue weighted by atomic mass is 79.9. The van der Waals surface area contributed by atoms with E-state index in [9.17, 15) is 5.11 Å². The van der Waals surface area contributed by atoms with E-state index in [1.807, 2.05) is 6.07 Å². The summed E-state index contributed by atoms with van der Waals surface area (Å²) in [6, 6.07) is 5.42. The number of ether oxygens (including phenoxy) is 1. The molecule has 0 fully saturated rings. The largest absolute Gasteiger partial charge is 0.495 e. The van der Waals surface area contributed by atoms with E-state index in [0.717, 1.165) is 13.1 Å². The van der Waals surface area contributed by atoms with E-state index >= 15 is 0 Å². The molecule has 1 N–H and O–H groups in total. The number of nitrogens with zero attached hydrogens (tertiary/aromatic N) is 1. The number of aliphatic hydroxyl groups is 1. The Balaban J connectivity index is 2.43. The molecule has 2 rings (SSSR count). The first kappa shape index (κ1) is 13.0. The van der Waals surface area contributed by atoms with Crippen molar-refractivity contribution in [3.05, 3.63) is 43.2 Å². The van der Waals surface area contributed by atoms with Crippen LogP contribution in [0.2, 0.25) is 0 Å². The Morgan fingerprint density at radius 1 is 1.47 bits per heavy atom. The van der Waals surface area contributed by atoms with Crippen LogP contribution in [0.4, 0.5) is 0 Å². The summed E-state index contributed by atoms with van der Waals surface area (Å²) < 4.78 is 7.02. The van der Waals surface area contributed by atoms with Crippen LogP contribution in [-0.2, 0) is 0 Å². The van der Waals surface area contributed by atoms with E-state index in [4.69, 9.17) is 4.74 Å². The minimum absolute atomic E-state index is 0.515. The third kappa shape index (κ3) is 2.70. The molecule has 0 saturated heterocycles. The van der Waals surface area contributed by atoms with Crippen molar-refractivity contribution in [1.29, 1.82) is 0 Å². The number of thiophene rings is 1. The van der Waals surface area contributed by atoms with Crippen LogP contribution in [0.15, 0.2) is 32.0 Å². The zero-order valence-electron chi connectivity index (χ0n) is 8.85. The number of pyridine rings is 1. The molecule has 2 aromatic heterocycles. The molecular weight excluding hydrogens is 370 g/mol. The fraction of sp³-hybridized carbons (Fsp3) is 0.182. The Morgan fingerprint density at radius 3 is 2.82 bits per heavy atom. The molecule has 1 unspecified atom stereocenters. The summed E-state index contributed by atoms with van der Waals surface area (Å²) in [6.45, 7) is 0. The molecule has 6 heteroatoms. The average Bonchev–Trinajstić information content (AvgIpc) is 2.67. The summed E-state index contributed by atoms with van der Waals surface area (Å²) in [4.78, 5) is 4.17. The number of aliphatic hydroxyl groups excluding tert-OH is 1. The topological polar surface area (TPSA) is 42.4 Å². The van der Waals surface area contributed by atoms with E-state index in [-0.39, 0.29) is 0 Å². The quantitative estimate of drug-likeness (QED) is 0.884. The van der Waals surface area contributed by atoms with Gasteiger partial charge in [0.2, 0.25) is 0 Å². The van der Waals surface area contributed by atoms with Crippen LogP contribution < -0.4 is 4.74 Å². The number of hydrogen-bond donors (Lipinski definition) is 1. The van der Waals surface area contributed by atoms with E-state index in [1.54, 1.807) is 25.4 Å². The van der Waals surface area contributed by atoms with Gasteiger partial charge in [-0.25, -0.2) is 0 Å². The Kier molecular flexibility index (Phi) is 4.19. The molecule has 0 radical (unpaired) electrons. The average molecular weight is 379 g/mol. The highest BCUT2D eigenvalue weighted by molar-refractivity contribution is 9.12. The molecular formula is C11H9Br2NO2S. The van der Waals surface area contributed by atoms with Gasteiger partial charge in [-0.3, -0.25) is 4.98 Å². The van der Waals surface area contributed by atoms with Crippen LogP contribution in [0.5, 0.6) is 5.75 Å². The molecule has 0 aromatic carbocycles. The van der Waals surface area contributed by atoms with Crippen molar-refractivity contribution in [3.8, 4) is 5.75 Å². The summed E-state index contributed by atoms with van der Waals surface area (Å²) in [5.41, 5.74) is 1.29. The standard InChI is InChI=1S/C11H9Br2NO2S/c1-16-7-3-2-4-14-9(7)10(15)6-5-8(12)17-11(6)13/h2-5,10,15H,1H3. The van der Waals surface area contributed by atoms with E-state index in [2.05, 4.69) is 36.8 Å². The molecule has 17 heavy (non-hydrogen) atoms. The van der Waals surface area contributed by atoms with Crippen LogP contribution in [0.25, 0.3) is 0 Å². The van der Waals surface area contributed by atoms with Crippen LogP contribution in [-0.4, -0.2) is 17.2 Å². The van der Waals surface area contributed by atoms with Gasteiger partial charge in [0.25, 0.3) is 0 Å². The van der Waals surface area contributed by atoms with Gasteiger partial charge in [0.1, 0.15) is 17.5 Å². The van der Waals surface area contributed by atoms with Gasteiger partial charge in [0, 0.05) is 11.8 Å². The van der Waals surface area contributed by atoms with Crippen LogP contribution >= 0.6 is 43.2 Å². The van der Waals surface area contributed by atoms with Gasteiger partial charge in [0.05, 0.1) is 14.7 Å². The lowest BCUT2D eigenvalue weighted by Crippen LogP contribution is -2.04. The van der Waals surface area contributed by atoms with Gasteiger partial charge in [-0.05, 0) is 50.1 Å². The summed E-state index contributed by atoms with van der Waals surface area (Å²) in [5, 5.41) is 10.3. The summed E-state index contributed by atoms with van der Waals surface area (Å²) in [6.07, 6.45) is 0.833. The second-order valence-corrected chi connectivity index (χ2v) is 7.02. The highest BCUT2D eigenvalue weighted by Crippen LogP contribution is 2.39. The van der Waals surface area contributed by atoms with Gasteiger partial charge in [-0.1, -0.05) is 0 Å². The minimum atomic E-state index is -0.803. The lowest BCUT2D eigenvalue weighted by Gasteiger charge is -2.12. The van der Waals surface area contributed by atoms with Crippen molar-refractivity contribution in [3.63, 3.8) is 0 Å². The van der Waals surface area contributed by atoms with Crippen molar-refractivity contribution in [2.45, 2.75) is 6.10 Å². The molecule has 0 amide bonds. The van der Waals surface area contributed by atoms with Gasteiger partial charge >= 0.3 is 0 Å². The monoisotopic (exact) mass is 377 g/mol. The maximum absolute atomic E-state index is 10.3. The van der Waals surface area contributed by atoms with Crippen LogP contribution in [0.3, 0.4) is 0 Å². The molecule has 2 aromatic rings. The molecule has 0 aliphatic rings. The molecule has 2 heterocycles. The van der Waals surface area contributed by atoms with E-state index in [0.29, 0.717) is 11.4 Å². The fourth-order valence-corrected chi connectivity index (χ4v) is 4.35. The first-order chi connectivity index (χ1) is 8.13. The molecule has 0 saturated carbocycles. The second-order valence-electron chi connectivity index (χ2n) is 3.27. The van der Waals surface area contributed by atoms with Gasteiger partial charge in [-0.2, -0.15) is 0 Å². The Bertz CT molecular complexity index is 530. The maximum atomic E-state index is 10.3. The fourth-order valence-electron chi connectivity index (χ4n) is 1.47.